The maximum Gasteiger partial charge on any atom is 0.336 e. The second kappa shape index (κ2) is 5.95. The SMILES string of the molecule is O=C(O)c1ccccc1C(O)Cc1ccc2ccccc2n1. The molecule has 4 heteroatoms. The summed E-state index contributed by atoms with van der Waals surface area (Å²) in [6.07, 6.45) is -0.629. The van der Waals surface area contributed by atoms with Gasteiger partial charge in [-0.25, -0.2) is 4.79 Å². The third-order valence-corrected chi connectivity index (χ3v) is 3.61. The summed E-state index contributed by atoms with van der Waals surface area (Å²) in [5.41, 5.74) is 2.12. The summed E-state index contributed by atoms with van der Waals surface area (Å²) < 4.78 is 0. The van der Waals surface area contributed by atoms with Crippen molar-refractivity contribution < 1.29 is 15.0 Å². The topological polar surface area (TPSA) is 70.4 Å². The van der Waals surface area contributed by atoms with E-state index in [4.69, 9.17) is 0 Å². The van der Waals surface area contributed by atoms with Crippen molar-refractivity contribution in [1.82, 2.24) is 4.98 Å². The smallest absolute Gasteiger partial charge is 0.336 e. The Balaban J connectivity index is 1.90. The predicted molar refractivity (Wildman–Crippen MR) is 83.8 cm³/mol. The highest BCUT2D eigenvalue weighted by Crippen LogP contribution is 2.22. The van der Waals surface area contributed by atoms with Crippen molar-refractivity contribution in [3.8, 4) is 0 Å². The van der Waals surface area contributed by atoms with Gasteiger partial charge in [0.25, 0.3) is 0 Å². The van der Waals surface area contributed by atoms with Crippen LogP contribution in [0.3, 0.4) is 0 Å². The van der Waals surface area contributed by atoms with Crippen LogP contribution >= 0.6 is 0 Å². The molecule has 3 aromatic rings. The average Bonchev–Trinajstić information content (AvgIpc) is 2.54. The molecule has 1 unspecified atom stereocenters. The molecule has 0 aliphatic heterocycles. The molecule has 0 bridgehead atoms. The standard InChI is InChI=1S/C18H15NO3/c20-17(14-6-2-3-7-15(14)18(21)22)11-13-10-9-12-5-1-4-8-16(12)19-13/h1-10,17,20H,11H2,(H,21,22). The number of carbonyl (C=O) groups is 1. The largest absolute Gasteiger partial charge is 0.478 e. The van der Waals surface area contributed by atoms with Gasteiger partial charge in [-0.2, -0.15) is 0 Å². The Morgan fingerprint density at radius 1 is 1.00 bits per heavy atom. The monoisotopic (exact) mass is 293 g/mol. The van der Waals surface area contributed by atoms with E-state index in [1.54, 1.807) is 18.2 Å². The Morgan fingerprint density at radius 3 is 2.55 bits per heavy atom. The van der Waals surface area contributed by atoms with Gasteiger partial charge in [0, 0.05) is 17.5 Å². The van der Waals surface area contributed by atoms with Gasteiger partial charge >= 0.3 is 5.97 Å². The lowest BCUT2D eigenvalue weighted by Gasteiger charge is -2.13. The fourth-order valence-corrected chi connectivity index (χ4v) is 2.51. The van der Waals surface area contributed by atoms with E-state index in [1.807, 2.05) is 36.4 Å². The van der Waals surface area contributed by atoms with Crippen molar-refractivity contribution in [2.24, 2.45) is 0 Å². The zero-order chi connectivity index (χ0) is 15.5. The van der Waals surface area contributed by atoms with E-state index in [2.05, 4.69) is 4.98 Å². The number of para-hydroxylation sites is 1. The Bertz CT molecular complexity index is 829. The number of pyridine rings is 1. The highest BCUT2D eigenvalue weighted by atomic mass is 16.4. The number of benzene rings is 2. The summed E-state index contributed by atoms with van der Waals surface area (Å²) in [6, 6.07) is 18.1. The number of carboxylic acids is 1. The van der Waals surface area contributed by atoms with Crippen LogP contribution in [-0.4, -0.2) is 21.2 Å². The van der Waals surface area contributed by atoms with Gasteiger partial charge in [-0.15, -0.1) is 0 Å². The first-order valence-corrected chi connectivity index (χ1v) is 7.00. The molecule has 110 valence electrons. The van der Waals surface area contributed by atoms with Crippen molar-refractivity contribution >= 4 is 16.9 Å². The Labute approximate surface area is 127 Å². The number of hydrogen-bond acceptors (Lipinski definition) is 3. The van der Waals surface area contributed by atoms with Gasteiger partial charge in [-0.05, 0) is 23.8 Å². The molecule has 0 aliphatic rings. The minimum absolute atomic E-state index is 0.121. The molecule has 0 saturated carbocycles. The van der Waals surface area contributed by atoms with Gasteiger partial charge in [0.05, 0.1) is 17.2 Å². The highest BCUT2D eigenvalue weighted by Gasteiger charge is 2.17. The second-order valence-electron chi connectivity index (χ2n) is 5.11. The molecule has 1 heterocycles. The Morgan fingerprint density at radius 2 is 1.73 bits per heavy atom. The van der Waals surface area contributed by atoms with Crippen molar-refractivity contribution in [2.45, 2.75) is 12.5 Å². The maximum absolute atomic E-state index is 11.2. The fraction of sp³-hybridized carbons (Fsp3) is 0.111. The van der Waals surface area contributed by atoms with Crippen molar-refractivity contribution in [3.05, 3.63) is 77.5 Å². The van der Waals surface area contributed by atoms with E-state index in [-0.39, 0.29) is 12.0 Å². The Hall–Kier alpha value is -2.72. The number of nitrogens with zero attached hydrogens (tertiary/aromatic N) is 1. The van der Waals surface area contributed by atoms with E-state index in [1.165, 1.54) is 6.07 Å². The summed E-state index contributed by atoms with van der Waals surface area (Å²) >= 11 is 0. The third kappa shape index (κ3) is 2.82. The van der Waals surface area contributed by atoms with Crippen LogP contribution in [0.25, 0.3) is 10.9 Å². The summed E-state index contributed by atoms with van der Waals surface area (Å²) in [7, 11) is 0. The van der Waals surface area contributed by atoms with Crippen LogP contribution in [0.1, 0.15) is 27.7 Å². The lowest BCUT2D eigenvalue weighted by molar-refractivity contribution is 0.0688. The summed E-state index contributed by atoms with van der Waals surface area (Å²) in [5, 5.41) is 20.6. The van der Waals surface area contributed by atoms with Crippen LogP contribution < -0.4 is 0 Å². The van der Waals surface area contributed by atoms with Crippen LogP contribution in [0, 0.1) is 0 Å². The molecule has 0 spiro atoms. The highest BCUT2D eigenvalue weighted by molar-refractivity contribution is 5.89. The minimum Gasteiger partial charge on any atom is -0.478 e. The molecule has 1 atom stereocenters. The molecule has 0 aliphatic carbocycles. The normalized spacial score (nSPS) is 12.2. The molecule has 1 aromatic heterocycles. The van der Waals surface area contributed by atoms with Gasteiger partial charge in [0.2, 0.25) is 0 Å². The minimum atomic E-state index is -1.04. The molecule has 0 amide bonds. The first kappa shape index (κ1) is 14.2. The Kier molecular flexibility index (Phi) is 3.85. The summed E-state index contributed by atoms with van der Waals surface area (Å²) in [4.78, 5) is 15.7. The molecular weight excluding hydrogens is 278 g/mol. The van der Waals surface area contributed by atoms with Crippen LogP contribution in [-0.2, 0) is 6.42 Å². The third-order valence-electron chi connectivity index (χ3n) is 3.61. The molecule has 4 nitrogen and oxygen atoms in total. The first-order chi connectivity index (χ1) is 10.6. The number of hydrogen-bond donors (Lipinski definition) is 2. The zero-order valence-corrected chi connectivity index (χ0v) is 11.8. The van der Waals surface area contributed by atoms with Crippen molar-refractivity contribution in [2.75, 3.05) is 0 Å². The van der Waals surface area contributed by atoms with Crippen LogP contribution in [0.4, 0.5) is 0 Å². The van der Waals surface area contributed by atoms with Crippen molar-refractivity contribution in [3.63, 3.8) is 0 Å². The van der Waals surface area contributed by atoms with Crippen LogP contribution in [0.2, 0.25) is 0 Å². The van der Waals surface area contributed by atoms with Gasteiger partial charge in [-0.3, -0.25) is 4.98 Å². The molecule has 22 heavy (non-hydrogen) atoms. The van der Waals surface area contributed by atoms with Crippen LogP contribution in [0.5, 0.6) is 0 Å². The number of carboxylic acid groups (broad SMARTS) is 1. The second-order valence-corrected chi connectivity index (χ2v) is 5.11. The predicted octanol–water partition coefficient (Wildman–Crippen LogP) is 3.21. The number of fused-ring (bicyclic) bond motifs is 1. The number of aromatic carboxylic acids is 1. The molecule has 3 rings (SSSR count). The van der Waals surface area contributed by atoms with E-state index >= 15 is 0 Å². The molecule has 2 aromatic carbocycles. The molecule has 2 N–H and O–H groups in total. The number of rotatable bonds is 4. The molecular formula is C18H15NO3. The number of aliphatic hydroxyl groups is 1. The number of aromatic nitrogens is 1. The van der Waals surface area contributed by atoms with Gasteiger partial charge in [0.15, 0.2) is 0 Å². The fourth-order valence-electron chi connectivity index (χ4n) is 2.51. The summed E-state index contributed by atoms with van der Waals surface area (Å²) in [6.45, 7) is 0. The van der Waals surface area contributed by atoms with Crippen LogP contribution in [0.15, 0.2) is 60.7 Å². The molecule has 0 saturated heterocycles. The van der Waals surface area contributed by atoms with E-state index < -0.39 is 12.1 Å². The molecule has 0 fully saturated rings. The maximum atomic E-state index is 11.2. The lowest BCUT2D eigenvalue weighted by atomic mass is 9.98. The van der Waals surface area contributed by atoms with E-state index in [9.17, 15) is 15.0 Å². The van der Waals surface area contributed by atoms with E-state index in [0.29, 0.717) is 5.56 Å². The zero-order valence-electron chi connectivity index (χ0n) is 11.8. The summed E-state index contributed by atoms with van der Waals surface area (Å²) in [5.74, 6) is -1.04. The van der Waals surface area contributed by atoms with Gasteiger partial charge < -0.3 is 10.2 Å². The lowest BCUT2D eigenvalue weighted by Crippen LogP contribution is -2.09. The van der Waals surface area contributed by atoms with E-state index in [0.717, 1.165) is 16.6 Å². The quantitative estimate of drug-likeness (QED) is 0.775. The molecule has 0 radical (unpaired) electrons. The van der Waals surface area contributed by atoms with Crippen molar-refractivity contribution in [1.29, 1.82) is 0 Å². The van der Waals surface area contributed by atoms with Gasteiger partial charge in [-0.1, -0.05) is 42.5 Å². The first-order valence-electron chi connectivity index (χ1n) is 7.00. The average molecular weight is 293 g/mol. The number of aliphatic hydroxyl groups excluding tert-OH is 1. The van der Waals surface area contributed by atoms with Gasteiger partial charge in [0.1, 0.15) is 0 Å².